The molecule has 0 aliphatic carbocycles. The van der Waals surface area contributed by atoms with Crippen LogP contribution in [-0.4, -0.2) is 59.3 Å². The summed E-state index contributed by atoms with van der Waals surface area (Å²) in [6.45, 7) is 12.5. The van der Waals surface area contributed by atoms with E-state index in [1.54, 1.807) is 6.20 Å². The summed E-state index contributed by atoms with van der Waals surface area (Å²) >= 11 is 7.79. The Morgan fingerprint density at radius 3 is 2.62 bits per heavy atom. The number of aryl methyl sites for hydroxylation is 1. The van der Waals surface area contributed by atoms with Gasteiger partial charge >= 0.3 is 5.97 Å². The SMILES string of the molecule is COC(=O)[C@@H](OC(C)(C)C)c1c(C)cc2nc(-c3ccnc(N4CCN[C@@H](C)C4)n3)sc2c1-c1ccc(Cl)cc1. The van der Waals surface area contributed by atoms with Gasteiger partial charge in [0, 0.05) is 48.0 Å². The van der Waals surface area contributed by atoms with Gasteiger partial charge in [0.05, 0.1) is 22.9 Å². The zero-order valence-corrected chi connectivity index (χ0v) is 25.2. The van der Waals surface area contributed by atoms with Crippen LogP contribution in [0.5, 0.6) is 0 Å². The molecule has 0 amide bonds. The van der Waals surface area contributed by atoms with E-state index in [-0.39, 0.29) is 0 Å². The summed E-state index contributed by atoms with van der Waals surface area (Å²) in [5.74, 6) is 0.243. The van der Waals surface area contributed by atoms with Crippen molar-refractivity contribution < 1.29 is 14.3 Å². The van der Waals surface area contributed by atoms with Gasteiger partial charge in [-0.1, -0.05) is 23.7 Å². The number of nitrogens with zero attached hydrogens (tertiary/aromatic N) is 4. The van der Waals surface area contributed by atoms with Crippen molar-refractivity contribution in [2.24, 2.45) is 0 Å². The first kappa shape index (κ1) is 28.4. The van der Waals surface area contributed by atoms with Gasteiger partial charge in [-0.05, 0) is 70.0 Å². The Hall–Kier alpha value is -3.11. The molecule has 1 saturated heterocycles. The predicted molar refractivity (Wildman–Crippen MR) is 161 cm³/mol. The normalized spacial score (nSPS) is 16.8. The van der Waals surface area contributed by atoms with Crippen LogP contribution in [0.2, 0.25) is 5.02 Å². The molecule has 0 spiro atoms. The lowest BCUT2D eigenvalue weighted by atomic mass is 9.91. The highest BCUT2D eigenvalue weighted by Crippen LogP contribution is 2.44. The molecule has 5 rings (SSSR count). The summed E-state index contributed by atoms with van der Waals surface area (Å²) in [6.07, 6.45) is 0.864. The van der Waals surface area contributed by atoms with Crippen molar-refractivity contribution in [2.75, 3.05) is 31.6 Å². The Kier molecular flexibility index (Phi) is 8.10. The van der Waals surface area contributed by atoms with Gasteiger partial charge in [-0.15, -0.1) is 11.3 Å². The van der Waals surface area contributed by atoms with Crippen LogP contribution >= 0.6 is 22.9 Å². The van der Waals surface area contributed by atoms with Crippen molar-refractivity contribution in [1.82, 2.24) is 20.3 Å². The molecule has 40 heavy (non-hydrogen) atoms. The number of methoxy groups -OCH3 is 1. The van der Waals surface area contributed by atoms with E-state index in [0.29, 0.717) is 17.0 Å². The third kappa shape index (κ3) is 5.98. The molecule has 0 saturated carbocycles. The molecular weight excluding hydrogens is 546 g/mol. The number of piperazine rings is 1. The molecular formula is C30H34ClN5O3S. The number of esters is 1. The molecule has 0 radical (unpaired) electrons. The first-order chi connectivity index (χ1) is 19.0. The molecule has 1 aliphatic heterocycles. The number of benzene rings is 2. The van der Waals surface area contributed by atoms with E-state index in [0.717, 1.165) is 62.8 Å². The second kappa shape index (κ2) is 11.4. The number of nitrogens with one attached hydrogen (secondary N) is 1. The molecule has 1 fully saturated rings. The van der Waals surface area contributed by atoms with E-state index >= 15 is 0 Å². The van der Waals surface area contributed by atoms with Crippen molar-refractivity contribution in [1.29, 1.82) is 0 Å². The molecule has 0 bridgehead atoms. The topological polar surface area (TPSA) is 89.5 Å². The Balaban J connectivity index is 1.69. The van der Waals surface area contributed by atoms with E-state index in [4.69, 9.17) is 31.0 Å². The summed E-state index contributed by atoms with van der Waals surface area (Å²) < 4.78 is 12.5. The second-order valence-electron chi connectivity index (χ2n) is 11.0. The van der Waals surface area contributed by atoms with E-state index in [2.05, 4.69) is 22.1 Å². The standard InChI is InChI=1S/C30H34ClN5O3S/c1-17-15-22-26(40-27(34-22)21-11-12-33-29(35-21)36-14-13-32-18(2)16-36)24(19-7-9-20(31)10-8-19)23(17)25(28(37)38-6)39-30(3,4)5/h7-12,15,18,25,32H,13-14,16H2,1-6H3/t18-,25-/m0/s1. The summed E-state index contributed by atoms with van der Waals surface area (Å²) in [5, 5.41) is 4.87. The van der Waals surface area contributed by atoms with Crippen molar-refractivity contribution >= 4 is 45.1 Å². The fraction of sp³-hybridized carbons (Fsp3) is 0.400. The average Bonchev–Trinajstić information content (AvgIpc) is 3.34. The molecule has 210 valence electrons. The third-order valence-corrected chi connectivity index (χ3v) is 8.09. The molecule has 0 unspecified atom stereocenters. The van der Waals surface area contributed by atoms with Crippen LogP contribution in [0.25, 0.3) is 32.0 Å². The number of ether oxygens (including phenoxy) is 2. The Bertz CT molecular complexity index is 1530. The second-order valence-corrected chi connectivity index (χ2v) is 12.5. The smallest absolute Gasteiger partial charge is 0.339 e. The lowest BCUT2D eigenvalue weighted by molar-refractivity contribution is -0.164. The highest BCUT2D eigenvalue weighted by atomic mass is 35.5. The van der Waals surface area contributed by atoms with Gasteiger partial charge in [-0.2, -0.15) is 0 Å². The van der Waals surface area contributed by atoms with Gasteiger partial charge in [0.25, 0.3) is 0 Å². The molecule has 1 aliphatic rings. The van der Waals surface area contributed by atoms with Crippen LogP contribution in [0.3, 0.4) is 0 Å². The lowest BCUT2D eigenvalue weighted by Gasteiger charge is -2.31. The maximum absolute atomic E-state index is 13.1. The van der Waals surface area contributed by atoms with Gasteiger partial charge in [-0.3, -0.25) is 0 Å². The van der Waals surface area contributed by atoms with Crippen LogP contribution in [0.4, 0.5) is 5.95 Å². The number of thiazole rings is 1. The summed E-state index contributed by atoms with van der Waals surface area (Å²) in [6, 6.07) is 11.9. The Morgan fingerprint density at radius 1 is 1.20 bits per heavy atom. The number of hydrogen-bond acceptors (Lipinski definition) is 9. The minimum atomic E-state index is -0.925. The predicted octanol–water partition coefficient (Wildman–Crippen LogP) is 6.21. The average molecular weight is 580 g/mol. The van der Waals surface area contributed by atoms with Crippen molar-refractivity contribution in [3.8, 4) is 21.8 Å². The van der Waals surface area contributed by atoms with Gasteiger partial charge in [0.1, 0.15) is 10.7 Å². The molecule has 2 aromatic heterocycles. The van der Waals surface area contributed by atoms with Gasteiger partial charge in [0.2, 0.25) is 5.95 Å². The number of aromatic nitrogens is 3. The fourth-order valence-electron chi connectivity index (χ4n) is 4.98. The summed E-state index contributed by atoms with van der Waals surface area (Å²) in [7, 11) is 1.38. The fourth-order valence-corrected chi connectivity index (χ4v) is 6.20. The molecule has 4 aromatic rings. The van der Waals surface area contributed by atoms with Crippen LogP contribution in [0.1, 0.15) is 44.9 Å². The van der Waals surface area contributed by atoms with Gasteiger partial charge < -0.3 is 19.7 Å². The Morgan fingerprint density at radius 2 is 1.95 bits per heavy atom. The van der Waals surface area contributed by atoms with Crippen LogP contribution in [0.15, 0.2) is 42.6 Å². The van der Waals surface area contributed by atoms with Crippen molar-refractivity contribution in [3.05, 3.63) is 58.7 Å². The summed E-state index contributed by atoms with van der Waals surface area (Å²) in [4.78, 5) is 29.8. The monoisotopic (exact) mass is 579 g/mol. The zero-order chi connectivity index (χ0) is 28.6. The van der Waals surface area contributed by atoms with E-state index in [1.165, 1.54) is 18.4 Å². The Labute approximate surface area is 243 Å². The zero-order valence-electron chi connectivity index (χ0n) is 23.6. The van der Waals surface area contributed by atoms with Crippen molar-refractivity contribution in [2.45, 2.75) is 52.4 Å². The molecule has 2 aromatic carbocycles. The van der Waals surface area contributed by atoms with E-state index in [1.807, 2.05) is 64.1 Å². The number of carbonyl (C=O) groups excluding carboxylic acids is 1. The molecule has 3 heterocycles. The largest absolute Gasteiger partial charge is 0.467 e. The van der Waals surface area contributed by atoms with Gasteiger partial charge in [0.15, 0.2) is 6.10 Å². The molecule has 10 heteroatoms. The highest BCUT2D eigenvalue weighted by Gasteiger charge is 2.33. The van der Waals surface area contributed by atoms with E-state index < -0.39 is 17.7 Å². The number of hydrogen-bond donors (Lipinski definition) is 1. The number of halogens is 1. The minimum Gasteiger partial charge on any atom is -0.467 e. The van der Waals surface area contributed by atoms with Crippen molar-refractivity contribution in [3.63, 3.8) is 0 Å². The van der Waals surface area contributed by atoms with Crippen LogP contribution in [0, 0.1) is 6.92 Å². The molecule has 2 atom stereocenters. The quantitative estimate of drug-likeness (QED) is 0.270. The maximum atomic E-state index is 13.1. The van der Waals surface area contributed by atoms with Crippen LogP contribution < -0.4 is 10.2 Å². The highest BCUT2D eigenvalue weighted by molar-refractivity contribution is 7.22. The maximum Gasteiger partial charge on any atom is 0.339 e. The number of rotatable bonds is 6. The first-order valence-corrected chi connectivity index (χ1v) is 14.5. The number of fused-ring (bicyclic) bond motifs is 1. The van der Waals surface area contributed by atoms with E-state index in [9.17, 15) is 4.79 Å². The minimum absolute atomic E-state index is 0.366. The summed E-state index contributed by atoms with van der Waals surface area (Å²) in [5.41, 5.74) is 4.41. The third-order valence-electron chi connectivity index (χ3n) is 6.72. The first-order valence-electron chi connectivity index (χ1n) is 13.3. The molecule has 8 nitrogen and oxygen atoms in total. The van der Waals surface area contributed by atoms with Gasteiger partial charge in [-0.25, -0.2) is 19.7 Å². The number of anilines is 1. The number of carbonyl (C=O) groups is 1. The molecule has 1 N–H and O–H groups in total. The van der Waals surface area contributed by atoms with Crippen LogP contribution in [-0.2, 0) is 14.3 Å². The lowest BCUT2D eigenvalue weighted by Crippen LogP contribution is -2.49.